The molecule has 6 nitrogen and oxygen atoms in total. The molecule has 126 valence electrons. The Morgan fingerprint density at radius 2 is 2.29 bits per heavy atom. The second-order valence-corrected chi connectivity index (χ2v) is 5.82. The first-order valence-corrected chi connectivity index (χ1v) is 8.24. The van der Waals surface area contributed by atoms with E-state index >= 15 is 0 Å². The van der Waals surface area contributed by atoms with Crippen LogP contribution in [0.5, 0.6) is 0 Å². The number of nitrogens with zero attached hydrogens (tertiary/aromatic N) is 3. The van der Waals surface area contributed by atoms with Crippen LogP contribution >= 0.6 is 0 Å². The van der Waals surface area contributed by atoms with E-state index in [1.54, 1.807) is 30.2 Å². The molecule has 0 spiro atoms. The Kier molecular flexibility index (Phi) is 4.93. The third-order valence-corrected chi connectivity index (χ3v) is 4.20. The van der Waals surface area contributed by atoms with Gasteiger partial charge in [0.25, 0.3) is 0 Å². The van der Waals surface area contributed by atoms with Gasteiger partial charge >= 0.3 is 5.97 Å². The van der Waals surface area contributed by atoms with E-state index in [-0.39, 0.29) is 17.8 Å². The number of likely N-dealkylation sites (tertiary alicyclic amines) is 1. The number of pyridine rings is 1. The van der Waals surface area contributed by atoms with Crippen LogP contribution in [0.25, 0.3) is 11.7 Å². The Labute approximate surface area is 140 Å². The van der Waals surface area contributed by atoms with Gasteiger partial charge in [-0.15, -0.1) is 0 Å². The van der Waals surface area contributed by atoms with Gasteiger partial charge in [0.2, 0.25) is 5.91 Å². The molecule has 1 atom stereocenters. The van der Waals surface area contributed by atoms with Crippen LogP contribution in [0.1, 0.15) is 25.5 Å². The van der Waals surface area contributed by atoms with Crippen molar-refractivity contribution >= 4 is 23.6 Å². The summed E-state index contributed by atoms with van der Waals surface area (Å²) < 4.78 is 6.99. The van der Waals surface area contributed by atoms with Gasteiger partial charge in [0, 0.05) is 25.4 Å². The third-order valence-electron chi connectivity index (χ3n) is 4.20. The van der Waals surface area contributed by atoms with Crippen LogP contribution in [0.3, 0.4) is 0 Å². The number of hydrogen-bond acceptors (Lipinski definition) is 4. The van der Waals surface area contributed by atoms with Crippen molar-refractivity contribution in [3.63, 3.8) is 0 Å². The predicted octanol–water partition coefficient (Wildman–Crippen LogP) is 2.15. The molecule has 1 fully saturated rings. The van der Waals surface area contributed by atoms with Gasteiger partial charge in [0.05, 0.1) is 24.4 Å². The summed E-state index contributed by atoms with van der Waals surface area (Å²) in [6, 6.07) is 5.75. The highest BCUT2D eigenvalue weighted by Crippen LogP contribution is 2.18. The van der Waals surface area contributed by atoms with Crippen molar-refractivity contribution in [3.05, 3.63) is 42.4 Å². The fraction of sp³-hybridized carbons (Fsp3) is 0.389. The van der Waals surface area contributed by atoms with Gasteiger partial charge in [-0.1, -0.05) is 6.07 Å². The largest absolute Gasteiger partial charge is 0.466 e. The predicted molar refractivity (Wildman–Crippen MR) is 90.2 cm³/mol. The van der Waals surface area contributed by atoms with E-state index in [1.807, 2.05) is 28.8 Å². The Morgan fingerprint density at radius 1 is 1.42 bits per heavy atom. The maximum atomic E-state index is 12.4. The molecule has 0 aromatic carbocycles. The minimum absolute atomic E-state index is 0.0881. The SMILES string of the molecule is CCOC(=O)C1CCCN(C(=O)/C=C/c2cnc3ccccn23)C1. The lowest BCUT2D eigenvalue weighted by atomic mass is 9.98. The summed E-state index contributed by atoms with van der Waals surface area (Å²) in [4.78, 5) is 30.3. The molecule has 1 unspecified atom stereocenters. The van der Waals surface area contributed by atoms with Gasteiger partial charge in [-0.3, -0.25) is 9.59 Å². The minimum atomic E-state index is -0.216. The highest BCUT2D eigenvalue weighted by molar-refractivity contribution is 5.92. The fourth-order valence-electron chi connectivity index (χ4n) is 2.97. The van der Waals surface area contributed by atoms with E-state index in [0.29, 0.717) is 19.7 Å². The van der Waals surface area contributed by atoms with E-state index in [2.05, 4.69) is 4.98 Å². The zero-order valence-corrected chi connectivity index (χ0v) is 13.7. The van der Waals surface area contributed by atoms with E-state index in [0.717, 1.165) is 24.2 Å². The summed E-state index contributed by atoms with van der Waals surface area (Å²) in [7, 11) is 0. The summed E-state index contributed by atoms with van der Waals surface area (Å²) in [5.41, 5.74) is 1.68. The lowest BCUT2D eigenvalue weighted by molar-refractivity contribution is -0.150. The summed E-state index contributed by atoms with van der Waals surface area (Å²) >= 11 is 0. The number of carbonyl (C=O) groups excluding carboxylic acids is 2. The first-order chi connectivity index (χ1) is 11.7. The van der Waals surface area contributed by atoms with Crippen molar-refractivity contribution in [2.45, 2.75) is 19.8 Å². The van der Waals surface area contributed by atoms with Crippen molar-refractivity contribution in [2.75, 3.05) is 19.7 Å². The molecule has 1 aliphatic rings. The Balaban J connectivity index is 1.67. The van der Waals surface area contributed by atoms with Crippen LogP contribution in [-0.2, 0) is 14.3 Å². The molecule has 1 saturated heterocycles. The highest BCUT2D eigenvalue weighted by atomic mass is 16.5. The summed E-state index contributed by atoms with van der Waals surface area (Å²) in [6.07, 6.45) is 8.54. The van der Waals surface area contributed by atoms with E-state index in [1.165, 1.54) is 0 Å². The lowest BCUT2D eigenvalue weighted by Crippen LogP contribution is -2.42. The second-order valence-electron chi connectivity index (χ2n) is 5.82. The molecule has 0 aliphatic carbocycles. The fourth-order valence-corrected chi connectivity index (χ4v) is 2.97. The number of fused-ring (bicyclic) bond motifs is 1. The number of piperidine rings is 1. The smallest absolute Gasteiger partial charge is 0.310 e. The van der Waals surface area contributed by atoms with Crippen LogP contribution in [0, 0.1) is 5.92 Å². The van der Waals surface area contributed by atoms with Crippen LogP contribution < -0.4 is 0 Å². The van der Waals surface area contributed by atoms with Crippen LogP contribution in [-0.4, -0.2) is 45.9 Å². The average Bonchev–Trinajstić information content (AvgIpc) is 3.03. The van der Waals surface area contributed by atoms with Crippen molar-refractivity contribution < 1.29 is 14.3 Å². The van der Waals surface area contributed by atoms with Crippen LogP contribution in [0.15, 0.2) is 36.7 Å². The van der Waals surface area contributed by atoms with Crippen LogP contribution in [0.2, 0.25) is 0 Å². The molecule has 1 amide bonds. The van der Waals surface area contributed by atoms with Gasteiger partial charge in [-0.05, 0) is 38.0 Å². The lowest BCUT2D eigenvalue weighted by Gasteiger charge is -2.30. The van der Waals surface area contributed by atoms with Gasteiger partial charge < -0.3 is 14.0 Å². The third kappa shape index (κ3) is 3.48. The number of ether oxygens (including phenoxy) is 1. The molecule has 24 heavy (non-hydrogen) atoms. The summed E-state index contributed by atoms with van der Waals surface area (Å²) in [6.45, 7) is 3.27. The van der Waals surface area contributed by atoms with Gasteiger partial charge in [-0.2, -0.15) is 0 Å². The summed E-state index contributed by atoms with van der Waals surface area (Å²) in [5, 5.41) is 0. The maximum Gasteiger partial charge on any atom is 0.310 e. The molecule has 0 radical (unpaired) electrons. The quantitative estimate of drug-likeness (QED) is 0.637. The molecule has 0 N–H and O–H groups in total. The van der Waals surface area contributed by atoms with Gasteiger partial charge in [-0.25, -0.2) is 4.98 Å². The first kappa shape index (κ1) is 16.2. The van der Waals surface area contributed by atoms with Crippen molar-refractivity contribution in [1.29, 1.82) is 0 Å². The molecule has 3 heterocycles. The molecule has 3 rings (SSSR count). The number of imidazole rings is 1. The standard InChI is InChI=1S/C18H21N3O3/c1-2-24-18(23)14-6-5-10-20(13-14)17(22)9-8-15-12-19-16-7-3-4-11-21(15)16/h3-4,7-9,11-12,14H,2,5-6,10,13H2,1H3/b9-8+. The molecule has 2 aromatic rings. The summed E-state index contributed by atoms with van der Waals surface area (Å²) in [5.74, 6) is -0.512. The van der Waals surface area contributed by atoms with E-state index in [4.69, 9.17) is 4.74 Å². The minimum Gasteiger partial charge on any atom is -0.466 e. The number of hydrogen-bond donors (Lipinski definition) is 0. The number of esters is 1. The Hall–Kier alpha value is -2.63. The van der Waals surface area contributed by atoms with E-state index in [9.17, 15) is 9.59 Å². The normalized spacial score (nSPS) is 18.2. The molecular formula is C18H21N3O3. The number of aromatic nitrogens is 2. The molecule has 6 heteroatoms. The zero-order chi connectivity index (χ0) is 16.9. The number of amides is 1. The molecule has 0 bridgehead atoms. The van der Waals surface area contributed by atoms with E-state index < -0.39 is 0 Å². The maximum absolute atomic E-state index is 12.4. The molecule has 0 saturated carbocycles. The zero-order valence-electron chi connectivity index (χ0n) is 13.7. The Bertz CT molecular complexity index is 766. The average molecular weight is 327 g/mol. The highest BCUT2D eigenvalue weighted by Gasteiger charge is 2.28. The van der Waals surface area contributed by atoms with Crippen molar-refractivity contribution in [3.8, 4) is 0 Å². The Morgan fingerprint density at radius 3 is 3.12 bits per heavy atom. The number of rotatable bonds is 4. The number of carbonyl (C=O) groups is 2. The topological polar surface area (TPSA) is 63.9 Å². The first-order valence-electron chi connectivity index (χ1n) is 8.24. The van der Waals surface area contributed by atoms with Crippen molar-refractivity contribution in [2.24, 2.45) is 5.92 Å². The molecule has 2 aromatic heterocycles. The molecular weight excluding hydrogens is 306 g/mol. The van der Waals surface area contributed by atoms with Crippen LogP contribution in [0.4, 0.5) is 0 Å². The van der Waals surface area contributed by atoms with Gasteiger partial charge in [0.15, 0.2) is 0 Å². The monoisotopic (exact) mass is 327 g/mol. The van der Waals surface area contributed by atoms with Crippen molar-refractivity contribution in [1.82, 2.24) is 14.3 Å². The van der Waals surface area contributed by atoms with Gasteiger partial charge in [0.1, 0.15) is 5.65 Å². The second kappa shape index (κ2) is 7.29. The molecule has 1 aliphatic heterocycles.